The summed E-state index contributed by atoms with van der Waals surface area (Å²) >= 11 is 0. The van der Waals surface area contributed by atoms with Crippen LogP contribution in [0.25, 0.3) is 0 Å². The summed E-state index contributed by atoms with van der Waals surface area (Å²) in [5.74, 6) is 0.595. The van der Waals surface area contributed by atoms with Crippen molar-refractivity contribution in [3.8, 4) is 0 Å². The third kappa shape index (κ3) is 2.26. The van der Waals surface area contributed by atoms with Crippen molar-refractivity contribution in [3.63, 3.8) is 0 Å². The van der Waals surface area contributed by atoms with Crippen molar-refractivity contribution in [3.05, 3.63) is 35.9 Å². The maximum Gasteiger partial charge on any atom is 0.0506 e. The second-order valence-corrected chi connectivity index (χ2v) is 4.47. The Labute approximate surface area is 97.4 Å². The first-order valence-electron chi connectivity index (χ1n) is 6.13. The Morgan fingerprint density at radius 3 is 2.56 bits per heavy atom. The fourth-order valence-electron chi connectivity index (χ4n) is 2.57. The first kappa shape index (κ1) is 11.6. The zero-order valence-electron chi connectivity index (χ0n) is 9.82. The van der Waals surface area contributed by atoms with Crippen LogP contribution in [0.15, 0.2) is 30.3 Å². The molecular formula is C13H21N3. The average Bonchev–Trinajstić information content (AvgIpc) is 2.74. The highest BCUT2D eigenvalue weighted by atomic mass is 15.4. The van der Waals surface area contributed by atoms with Gasteiger partial charge >= 0.3 is 0 Å². The Bertz CT molecular complexity index is 312. The summed E-state index contributed by atoms with van der Waals surface area (Å²) in [5.41, 5.74) is 13.8. The van der Waals surface area contributed by atoms with Crippen molar-refractivity contribution in [1.29, 1.82) is 0 Å². The molecule has 0 aromatic heterocycles. The number of nitrogens with one attached hydrogen (secondary N) is 2. The van der Waals surface area contributed by atoms with Gasteiger partial charge in [0.25, 0.3) is 0 Å². The lowest BCUT2D eigenvalue weighted by atomic mass is 9.86. The van der Waals surface area contributed by atoms with Gasteiger partial charge < -0.3 is 5.73 Å². The van der Waals surface area contributed by atoms with E-state index >= 15 is 0 Å². The SMILES string of the molecule is CCCC1C(CN)NNC1c1ccccc1. The van der Waals surface area contributed by atoms with Crippen LogP contribution in [0.1, 0.15) is 31.4 Å². The molecule has 88 valence electrons. The van der Waals surface area contributed by atoms with Gasteiger partial charge in [-0.1, -0.05) is 43.7 Å². The molecule has 0 amide bonds. The summed E-state index contributed by atoms with van der Waals surface area (Å²) in [6.07, 6.45) is 2.41. The minimum absolute atomic E-state index is 0.394. The van der Waals surface area contributed by atoms with Gasteiger partial charge in [-0.2, -0.15) is 0 Å². The predicted molar refractivity (Wildman–Crippen MR) is 66.7 cm³/mol. The van der Waals surface area contributed by atoms with Crippen molar-refractivity contribution in [2.45, 2.75) is 31.8 Å². The number of hydrogen-bond acceptors (Lipinski definition) is 3. The van der Waals surface area contributed by atoms with Crippen molar-refractivity contribution < 1.29 is 0 Å². The molecule has 3 atom stereocenters. The van der Waals surface area contributed by atoms with E-state index in [4.69, 9.17) is 5.73 Å². The number of nitrogens with two attached hydrogens (primary N) is 1. The van der Waals surface area contributed by atoms with Gasteiger partial charge in [0.1, 0.15) is 0 Å². The lowest BCUT2D eigenvalue weighted by Gasteiger charge is -2.21. The lowest BCUT2D eigenvalue weighted by Crippen LogP contribution is -2.37. The molecule has 16 heavy (non-hydrogen) atoms. The van der Waals surface area contributed by atoms with Crippen LogP contribution in [-0.2, 0) is 0 Å². The highest BCUT2D eigenvalue weighted by molar-refractivity contribution is 5.21. The third-order valence-corrected chi connectivity index (χ3v) is 3.40. The minimum atomic E-state index is 0.394. The maximum absolute atomic E-state index is 5.79. The predicted octanol–water partition coefficient (Wildman–Crippen LogP) is 1.58. The Hall–Kier alpha value is -0.900. The van der Waals surface area contributed by atoms with Gasteiger partial charge in [0.2, 0.25) is 0 Å². The van der Waals surface area contributed by atoms with Crippen LogP contribution in [0, 0.1) is 5.92 Å². The van der Waals surface area contributed by atoms with Gasteiger partial charge in [-0.25, -0.2) is 5.43 Å². The molecule has 4 N–H and O–H groups in total. The molecule has 1 aromatic rings. The van der Waals surface area contributed by atoms with E-state index in [0.29, 0.717) is 24.5 Å². The molecule has 0 saturated carbocycles. The zero-order chi connectivity index (χ0) is 11.4. The van der Waals surface area contributed by atoms with E-state index in [1.807, 2.05) is 0 Å². The maximum atomic E-state index is 5.79. The van der Waals surface area contributed by atoms with Gasteiger partial charge in [0.15, 0.2) is 0 Å². The molecule has 1 fully saturated rings. The molecule has 1 aromatic carbocycles. The van der Waals surface area contributed by atoms with Crippen LogP contribution in [0.3, 0.4) is 0 Å². The van der Waals surface area contributed by atoms with Gasteiger partial charge in [-0.15, -0.1) is 0 Å². The first-order chi connectivity index (χ1) is 7.86. The van der Waals surface area contributed by atoms with Crippen LogP contribution in [0.2, 0.25) is 0 Å². The van der Waals surface area contributed by atoms with Crippen molar-refractivity contribution in [2.75, 3.05) is 6.54 Å². The first-order valence-corrected chi connectivity index (χ1v) is 6.13. The molecule has 0 aliphatic carbocycles. The molecule has 3 unspecified atom stereocenters. The molecule has 0 bridgehead atoms. The summed E-state index contributed by atoms with van der Waals surface area (Å²) in [6.45, 7) is 2.93. The largest absolute Gasteiger partial charge is 0.329 e. The summed E-state index contributed by atoms with van der Waals surface area (Å²) in [6, 6.07) is 11.4. The highest BCUT2D eigenvalue weighted by Crippen LogP contribution is 2.31. The van der Waals surface area contributed by atoms with E-state index in [1.165, 1.54) is 18.4 Å². The molecule has 1 heterocycles. The zero-order valence-corrected chi connectivity index (χ0v) is 9.82. The van der Waals surface area contributed by atoms with E-state index in [0.717, 1.165) is 0 Å². The lowest BCUT2D eigenvalue weighted by molar-refractivity contribution is 0.388. The molecule has 1 aliphatic heterocycles. The Balaban J connectivity index is 2.15. The number of rotatable bonds is 4. The second kappa shape index (κ2) is 5.43. The molecule has 3 heteroatoms. The third-order valence-electron chi connectivity index (χ3n) is 3.40. The molecule has 3 nitrogen and oxygen atoms in total. The fraction of sp³-hybridized carbons (Fsp3) is 0.538. The van der Waals surface area contributed by atoms with Gasteiger partial charge in [0.05, 0.1) is 6.04 Å². The molecule has 1 saturated heterocycles. The van der Waals surface area contributed by atoms with Crippen LogP contribution in [0.5, 0.6) is 0 Å². The number of hydrogen-bond donors (Lipinski definition) is 3. The topological polar surface area (TPSA) is 50.1 Å². The Morgan fingerprint density at radius 2 is 1.94 bits per heavy atom. The summed E-state index contributed by atoms with van der Waals surface area (Å²) in [4.78, 5) is 0. The molecule has 0 spiro atoms. The quantitative estimate of drug-likeness (QED) is 0.720. The highest BCUT2D eigenvalue weighted by Gasteiger charge is 2.34. The van der Waals surface area contributed by atoms with E-state index in [2.05, 4.69) is 48.1 Å². The molecular weight excluding hydrogens is 198 g/mol. The van der Waals surface area contributed by atoms with Gasteiger partial charge in [-0.05, 0) is 17.9 Å². The van der Waals surface area contributed by atoms with Crippen molar-refractivity contribution in [1.82, 2.24) is 10.9 Å². The van der Waals surface area contributed by atoms with E-state index in [-0.39, 0.29) is 0 Å². The molecule has 2 rings (SSSR count). The minimum Gasteiger partial charge on any atom is -0.329 e. The van der Waals surface area contributed by atoms with Gasteiger partial charge in [-0.3, -0.25) is 5.43 Å². The van der Waals surface area contributed by atoms with Crippen molar-refractivity contribution in [2.24, 2.45) is 11.7 Å². The monoisotopic (exact) mass is 219 g/mol. The normalized spacial score (nSPS) is 29.5. The van der Waals surface area contributed by atoms with Crippen molar-refractivity contribution >= 4 is 0 Å². The van der Waals surface area contributed by atoms with Crippen LogP contribution in [0.4, 0.5) is 0 Å². The smallest absolute Gasteiger partial charge is 0.0506 e. The standard InChI is InChI=1S/C13H21N3/c1-2-6-11-12(9-14)15-16-13(11)10-7-4-3-5-8-10/h3-5,7-8,11-13,15-16H,2,6,9,14H2,1H3. The summed E-state index contributed by atoms with van der Waals surface area (Å²) in [7, 11) is 0. The molecule has 1 aliphatic rings. The summed E-state index contributed by atoms with van der Waals surface area (Å²) < 4.78 is 0. The Morgan fingerprint density at radius 1 is 1.19 bits per heavy atom. The van der Waals surface area contributed by atoms with Crippen LogP contribution >= 0.6 is 0 Å². The van der Waals surface area contributed by atoms with Crippen LogP contribution in [-0.4, -0.2) is 12.6 Å². The average molecular weight is 219 g/mol. The molecule has 0 radical (unpaired) electrons. The van der Waals surface area contributed by atoms with Crippen LogP contribution < -0.4 is 16.6 Å². The fourth-order valence-corrected chi connectivity index (χ4v) is 2.57. The number of benzene rings is 1. The van der Waals surface area contributed by atoms with Gasteiger partial charge in [0, 0.05) is 12.6 Å². The van der Waals surface area contributed by atoms with E-state index < -0.39 is 0 Å². The summed E-state index contributed by atoms with van der Waals surface area (Å²) in [5, 5.41) is 0. The number of hydrazine groups is 1. The Kier molecular flexibility index (Phi) is 3.93. The van der Waals surface area contributed by atoms with E-state index in [1.54, 1.807) is 0 Å². The van der Waals surface area contributed by atoms with E-state index in [9.17, 15) is 0 Å². The second-order valence-electron chi connectivity index (χ2n) is 4.47.